The molecule has 2 aromatic carbocycles. The molecule has 0 aliphatic rings. The number of rotatable bonds is 8. The molecule has 28 heavy (non-hydrogen) atoms. The first kappa shape index (κ1) is 23.8. The number of nitro benzene ring substituents is 1. The van der Waals surface area contributed by atoms with Crippen LogP contribution in [-0.2, 0) is 0 Å². The molecule has 0 aromatic heterocycles. The molecule has 2 aromatic rings. The van der Waals surface area contributed by atoms with Gasteiger partial charge in [0.25, 0.3) is 5.69 Å². The van der Waals surface area contributed by atoms with Gasteiger partial charge >= 0.3 is 0 Å². The van der Waals surface area contributed by atoms with Crippen molar-refractivity contribution in [2.75, 3.05) is 45.7 Å². The number of hydrogen-bond acceptors (Lipinski definition) is 5. The Morgan fingerprint density at radius 2 is 1.75 bits per heavy atom. The Morgan fingerprint density at radius 3 is 2.25 bits per heavy atom. The summed E-state index contributed by atoms with van der Waals surface area (Å²) in [5.41, 5.74) is 2.15. The normalized spacial score (nSPS) is 11.3. The minimum atomic E-state index is -0.496. The van der Waals surface area contributed by atoms with Crippen LogP contribution in [0.15, 0.2) is 52.7 Å². The van der Waals surface area contributed by atoms with E-state index in [2.05, 4.69) is 43.2 Å². The second-order valence-electron chi connectivity index (χ2n) is 7.20. The Bertz CT molecular complexity index is 820. The van der Waals surface area contributed by atoms with Gasteiger partial charge in [-0.15, -0.1) is 5.11 Å². The van der Waals surface area contributed by atoms with Crippen LogP contribution < -0.4 is 17.3 Å². The van der Waals surface area contributed by atoms with Crippen molar-refractivity contribution in [3.63, 3.8) is 0 Å². The van der Waals surface area contributed by atoms with E-state index >= 15 is 0 Å². The molecule has 0 saturated heterocycles. The van der Waals surface area contributed by atoms with Crippen LogP contribution in [0.4, 0.5) is 22.7 Å². The maximum Gasteiger partial charge on any atom is 0.271 e. The van der Waals surface area contributed by atoms with Gasteiger partial charge in [-0.05, 0) is 37.3 Å². The van der Waals surface area contributed by atoms with E-state index in [-0.39, 0.29) is 23.1 Å². The molecule has 152 valence electrons. The van der Waals surface area contributed by atoms with Crippen LogP contribution in [0.25, 0.3) is 0 Å². The Hall–Kier alpha value is -2.22. The van der Waals surface area contributed by atoms with Crippen molar-refractivity contribution in [2.45, 2.75) is 6.92 Å². The van der Waals surface area contributed by atoms with E-state index in [1.54, 1.807) is 0 Å². The molecule has 0 N–H and O–H groups in total. The zero-order chi connectivity index (χ0) is 20.0. The molecule has 0 saturated carbocycles. The number of hydrogen-bond donors (Lipinski definition) is 0. The summed E-state index contributed by atoms with van der Waals surface area (Å²) >= 11 is 6.03. The molecule has 0 amide bonds. The van der Waals surface area contributed by atoms with Crippen molar-refractivity contribution in [1.29, 1.82) is 0 Å². The van der Waals surface area contributed by atoms with Crippen LogP contribution in [0.2, 0.25) is 5.02 Å². The highest BCUT2D eigenvalue weighted by Gasteiger charge is 2.12. The summed E-state index contributed by atoms with van der Waals surface area (Å²) in [5.74, 6) is 0. The molecular weight excluding hydrogens is 401 g/mol. The van der Waals surface area contributed by atoms with Crippen molar-refractivity contribution in [2.24, 2.45) is 10.2 Å². The molecule has 0 radical (unpaired) electrons. The number of anilines is 1. The first-order valence-corrected chi connectivity index (χ1v) is 9.08. The largest absolute Gasteiger partial charge is 1.00 e. The molecule has 0 bridgehead atoms. The summed E-state index contributed by atoms with van der Waals surface area (Å²) in [7, 11) is 6.54. The van der Waals surface area contributed by atoms with Crippen molar-refractivity contribution in [3.8, 4) is 0 Å². The topological polar surface area (TPSA) is 71.1 Å². The number of benzene rings is 2. The summed E-state index contributed by atoms with van der Waals surface area (Å²) in [6.45, 7) is 5.09. The number of nitro groups is 1. The Labute approximate surface area is 176 Å². The van der Waals surface area contributed by atoms with Crippen molar-refractivity contribution in [3.05, 3.63) is 57.6 Å². The predicted molar refractivity (Wildman–Crippen MR) is 110 cm³/mol. The molecule has 2 rings (SSSR count). The molecule has 0 fully saturated rings. The lowest BCUT2D eigenvalue weighted by molar-refractivity contribution is -0.868. The number of nitrogens with zero attached hydrogens (tertiary/aromatic N) is 5. The van der Waals surface area contributed by atoms with Gasteiger partial charge in [0.15, 0.2) is 0 Å². The predicted octanol–water partition coefficient (Wildman–Crippen LogP) is 2.20. The molecule has 0 spiro atoms. The van der Waals surface area contributed by atoms with Crippen molar-refractivity contribution < 1.29 is 21.8 Å². The first-order chi connectivity index (χ1) is 12.7. The molecule has 0 atom stereocenters. The second-order valence-corrected chi connectivity index (χ2v) is 7.61. The molecule has 0 aliphatic carbocycles. The summed E-state index contributed by atoms with van der Waals surface area (Å²) in [6, 6.07) is 11.9. The summed E-state index contributed by atoms with van der Waals surface area (Å²) in [5, 5.41) is 19.2. The highest BCUT2D eigenvalue weighted by molar-refractivity contribution is 6.33. The maximum atomic E-state index is 10.7. The van der Waals surface area contributed by atoms with Gasteiger partial charge in [0, 0.05) is 24.4 Å². The molecule has 0 aliphatic heterocycles. The number of halogens is 2. The summed E-state index contributed by atoms with van der Waals surface area (Å²) in [4.78, 5) is 12.6. The zero-order valence-corrected chi connectivity index (χ0v) is 18.0. The van der Waals surface area contributed by atoms with Crippen molar-refractivity contribution in [1.82, 2.24) is 0 Å². The molecule has 7 nitrogen and oxygen atoms in total. The lowest BCUT2D eigenvalue weighted by Crippen LogP contribution is -3.00. The maximum absolute atomic E-state index is 10.7. The number of azo groups is 1. The van der Waals surface area contributed by atoms with E-state index in [9.17, 15) is 10.1 Å². The van der Waals surface area contributed by atoms with E-state index in [1.807, 2.05) is 24.3 Å². The monoisotopic (exact) mass is 425 g/mol. The van der Waals surface area contributed by atoms with Crippen LogP contribution in [0.1, 0.15) is 6.92 Å². The standard InChI is InChI=1S/C19H25ClN5O2.ClH/c1-5-23(12-13-25(2,3)4)16-8-6-15(7-9-16)21-22-19-11-10-17(24(26)27)14-18(19)20;/h6-11,14H,5,12-13H2,1-4H3;1H/q+1;/p-1. The van der Waals surface area contributed by atoms with Gasteiger partial charge in [-0.2, -0.15) is 5.11 Å². The SMILES string of the molecule is CCN(CC[N+](C)(C)C)c1ccc(N=Nc2ccc([N+](=O)[O-])cc2Cl)cc1.[Cl-]. The number of likely N-dealkylation sites (N-methyl/N-ethyl adjacent to an activating group) is 2. The number of quaternary nitrogens is 1. The highest BCUT2D eigenvalue weighted by Crippen LogP contribution is 2.30. The van der Waals surface area contributed by atoms with Gasteiger partial charge in [-0.3, -0.25) is 10.1 Å². The first-order valence-electron chi connectivity index (χ1n) is 8.71. The fourth-order valence-electron chi connectivity index (χ4n) is 2.42. The minimum Gasteiger partial charge on any atom is -1.00 e. The molecule has 9 heteroatoms. The third kappa shape index (κ3) is 7.07. The molecule has 0 heterocycles. The third-order valence-electron chi connectivity index (χ3n) is 4.05. The van der Waals surface area contributed by atoms with Gasteiger partial charge in [-0.25, -0.2) is 0 Å². The molecule has 0 unspecified atom stereocenters. The van der Waals surface area contributed by atoms with Gasteiger partial charge in [-0.1, -0.05) is 11.6 Å². The average molecular weight is 426 g/mol. The van der Waals surface area contributed by atoms with Crippen molar-refractivity contribution >= 4 is 34.4 Å². The van der Waals surface area contributed by atoms with Gasteiger partial charge in [0.2, 0.25) is 0 Å². The van der Waals surface area contributed by atoms with Gasteiger partial charge in [0.05, 0.1) is 49.9 Å². The summed E-state index contributed by atoms with van der Waals surface area (Å²) in [6.07, 6.45) is 0. The van der Waals surface area contributed by atoms with E-state index in [0.29, 0.717) is 11.4 Å². The van der Waals surface area contributed by atoms with Gasteiger partial charge in [0.1, 0.15) is 5.69 Å². The lowest BCUT2D eigenvalue weighted by atomic mass is 10.2. The van der Waals surface area contributed by atoms with Crippen LogP contribution in [0, 0.1) is 10.1 Å². The smallest absolute Gasteiger partial charge is 0.271 e. The highest BCUT2D eigenvalue weighted by atomic mass is 35.5. The zero-order valence-electron chi connectivity index (χ0n) is 16.5. The quantitative estimate of drug-likeness (QED) is 0.281. The van der Waals surface area contributed by atoms with Crippen LogP contribution in [0.5, 0.6) is 0 Å². The summed E-state index contributed by atoms with van der Waals surface area (Å²) < 4.78 is 0.915. The van der Waals surface area contributed by atoms with Crippen LogP contribution in [-0.4, -0.2) is 50.2 Å². The molecular formula is C19H25Cl2N5O2. The van der Waals surface area contributed by atoms with E-state index in [1.165, 1.54) is 18.2 Å². The minimum absolute atomic E-state index is 0. The van der Waals surface area contributed by atoms with Crippen LogP contribution in [0.3, 0.4) is 0 Å². The fourth-order valence-corrected chi connectivity index (χ4v) is 2.64. The second kappa shape index (κ2) is 10.4. The Kier molecular flexibility index (Phi) is 8.81. The van der Waals surface area contributed by atoms with Crippen LogP contribution >= 0.6 is 11.6 Å². The lowest BCUT2D eigenvalue weighted by Gasteiger charge is -2.29. The van der Waals surface area contributed by atoms with E-state index in [4.69, 9.17) is 11.6 Å². The van der Waals surface area contributed by atoms with E-state index in [0.717, 1.165) is 29.8 Å². The van der Waals surface area contributed by atoms with Gasteiger partial charge < -0.3 is 21.8 Å². The van der Waals surface area contributed by atoms with E-state index < -0.39 is 4.92 Å². The Balaban J connectivity index is 0.00000392. The average Bonchev–Trinajstić information content (AvgIpc) is 2.61. The number of non-ortho nitro benzene ring substituents is 1. The third-order valence-corrected chi connectivity index (χ3v) is 4.36. The fraction of sp³-hybridized carbons (Fsp3) is 0.368. The Morgan fingerprint density at radius 1 is 1.11 bits per heavy atom.